The molecule has 3 fully saturated rings. The van der Waals surface area contributed by atoms with Gasteiger partial charge in [-0.05, 0) is 113 Å². The summed E-state index contributed by atoms with van der Waals surface area (Å²) >= 11 is 0. The van der Waals surface area contributed by atoms with E-state index in [-0.39, 0.29) is 72.0 Å². The van der Waals surface area contributed by atoms with Crippen LogP contribution in [0.5, 0.6) is 0 Å². The maximum absolute atomic E-state index is 13.5. The number of ketones is 3. The standard InChI is InChI=1S/C51H79NO13.Na/c1-31(26-35(5)45(55)47(64-10)46(56)36(6)28-34(4)41(53)23-19-32(2)27-38-21-24-42(54)44(29-38)63-9)16-12-11-13-17-33(3)43(62-8)30-39-22-20-37(7)51(61,65-39)48(57)49(58)52-25-15-14-18-40(52)50(59)60;/h11-13,16-17,19,23,28,31-32,34-35,37-40,42-44,46-47,54,56,61H,14-15,18,20-22,24-27,29-30H2,1-10H3,(H,59,60);/b13-11+,16-12+,23-19+,33-17+,36-28+;/t31-,32+,34-,35-,37-,38+,39+,40+,42-,43+,44-,46-,47+,51-;/m1./s1. The first-order chi connectivity index (χ1) is 30.7. The molecule has 66 heavy (non-hydrogen) atoms. The molecule has 0 aromatic heterocycles. The molecule has 0 spiro atoms. The Morgan fingerprint density at radius 1 is 0.864 bits per heavy atom. The van der Waals surface area contributed by atoms with Crippen LogP contribution in [0.15, 0.2) is 59.8 Å². The van der Waals surface area contributed by atoms with E-state index in [0.717, 1.165) is 29.7 Å². The molecule has 2 heterocycles. The Hall–Kier alpha value is -2.63. The molecule has 1 aliphatic carbocycles. The number of carbonyl (C=O) groups excluding carboxylic acids is 4. The Bertz CT molecular complexity index is 1760. The smallest absolute Gasteiger partial charge is 0.326 e. The number of carboxylic acids is 1. The zero-order chi connectivity index (χ0) is 48.6. The Labute approximate surface area is 415 Å². The SMILES string of the molecule is CO[C@@H](C[C@@H]1CC[C@@H](C)[C@](O)(C(=O)C(=O)N2CCCC[C@H]2C(=O)O)O1)/C(C)=C/C=C/C=C/[C@@H](C)C[C@@H](C)C(=O)[C@H](OC)[C@H](O)/C(C)=C/[C@@H](C)C(=O)/C=C/[C@H](C)C[C@@H]1CC[C@@H](O)[C@H](OC)C1.[Na]. The van der Waals surface area contributed by atoms with Gasteiger partial charge in [-0.3, -0.25) is 19.2 Å². The third kappa shape index (κ3) is 17.1. The predicted molar refractivity (Wildman–Crippen MR) is 253 cm³/mol. The zero-order valence-electron chi connectivity index (χ0n) is 41.5. The number of nitrogens with zero attached hydrogens (tertiary/aromatic N) is 1. The topological polar surface area (TPSA) is 206 Å². The summed E-state index contributed by atoms with van der Waals surface area (Å²) < 4.78 is 22.7. The molecule has 0 aromatic rings. The Morgan fingerprint density at radius 3 is 2.20 bits per heavy atom. The molecule has 1 saturated carbocycles. The molecule has 15 heteroatoms. The van der Waals surface area contributed by atoms with Gasteiger partial charge in [0.05, 0.1) is 24.4 Å². The number of piperidine rings is 1. The van der Waals surface area contributed by atoms with Crippen molar-refractivity contribution in [1.82, 2.24) is 4.90 Å². The van der Waals surface area contributed by atoms with Gasteiger partial charge in [-0.1, -0.05) is 77.2 Å². The van der Waals surface area contributed by atoms with E-state index >= 15 is 0 Å². The summed E-state index contributed by atoms with van der Waals surface area (Å²) in [4.78, 5) is 66.1. The molecule has 3 rings (SSSR count). The number of hydrogen-bond donors (Lipinski definition) is 4. The van der Waals surface area contributed by atoms with Crippen LogP contribution in [0.4, 0.5) is 0 Å². The number of aliphatic hydroxyl groups excluding tert-OH is 2. The first-order valence-corrected chi connectivity index (χ1v) is 23.6. The predicted octanol–water partition coefficient (Wildman–Crippen LogP) is 6.13. The molecule has 3 aliphatic rings. The van der Waals surface area contributed by atoms with Crippen molar-refractivity contribution in [3.05, 3.63) is 59.8 Å². The van der Waals surface area contributed by atoms with E-state index in [0.29, 0.717) is 56.4 Å². The summed E-state index contributed by atoms with van der Waals surface area (Å²) in [7, 11) is 4.58. The number of methoxy groups -OCH3 is 3. The average Bonchev–Trinajstić information content (AvgIpc) is 3.28. The van der Waals surface area contributed by atoms with E-state index in [2.05, 4.69) is 6.92 Å². The van der Waals surface area contributed by atoms with E-state index in [1.54, 1.807) is 47.1 Å². The van der Waals surface area contributed by atoms with Crippen molar-refractivity contribution in [3.8, 4) is 0 Å². The summed E-state index contributed by atoms with van der Waals surface area (Å²) in [5.74, 6) is -7.06. The van der Waals surface area contributed by atoms with Crippen LogP contribution in [-0.4, -0.2) is 160 Å². The van der Waals surface area contributed by atoms with Crippen LogP contribution < -0.4 is 0 Å². The Morgan fingerprint density at radius 2 is 1.56 bits per heavy atom. The molecule has 0 bridgehead atoms. The van der Waals surface area contributed by atoms with Crippen molar-refractivity contribution in [2.75, 3.05) is 27.9 Å². The van der Waals surface area contributed by atoms with Crippen molar-refractivity contribution < 1.29 is 63.3 Å². The van der Waals surface area contributed by atoms with Crippen LogP contribution in [0, 0.1) is 35.5 Å². The zero-order valence-corrected chi connectivity index (χ0v) is 43.5. The third-order valence-corrected chi connectivity index (χ3v) is 13.7. The second-order valence-corrected chi connectivity index (χ2v) is 19.0. The van der Waals surface area contributed by atoms with Gasteiger partial charge in [0.2, 0.25) is 5.79 Å². The van der Waals surface area contributed by atoms with Gasteiger partial charge in [0.1, 0.15) is 18.2 Å². The molecule has 0 unspecified atom stereocenters. The Kier molecular flexibility index (Phi) is 25.9. The fourth-order valence-electron chi connectivity index (χ4n) is 9.48. The van der Waals surface area contributed by atoms with Gasteiger partial charge < -0.3 is 44.3 Å². The third-order valence-electron chi connectivity index (χ3n) is 13.7. The van der Waals surface area contributed by atoms with Gasteiger partial charge in [-0.15, -0.1) is 0 Å². The maximum Gasteiger partial charge on any atom is 0.326 e. The van der Waals surface area contributed by atoms with Crippen molar-refractivity contribution >= 4 is 58.8 Å². The monoisotopic (exact) mass is 937 g/mol. The minimum atomic E-state index is -2.38. The van der Waals surface area contributed by atoms with Gasteiger partial charge in [0, 0.05) is 81.6 Å². The average molecular weight is 937 g/mol. The number of aliphatic carboxylic acids is 1. The van der Waals surface area contributed by atoms with Gasteiger partial charge in [0.15, 0.2) is 11.6 Å². The number of carbonyl (C=O) groups is 5. The minimum absolute atomic E-state index is 0. The van der Waals surface area contributed by atoms with Crippen molar-refractivity contribution in [2.45, 2.75) is 168 Å². The van der Waals surface area contributed by atoms with Gasteiger partial charge in [-0.2, -0.15) is 0 Å². The van der Waals surface area contributed by atoms with E-state index in [1.165, 1.54) is 7.11 Å². The molecule has 1 radical (unpaired) electrons. The van der Waals surface area contributed by atoms with E-state index in [1.807, 2.05) is 57.2 Å². The number of allylic oxidation sites excluding steroid dienone is 8. The van der Waals surface area contributed by atoms with Gasteiger partial charge in [-0.25, -0.2) is 4.79 Å². The van der Waals surface area contributed by atoms with E-state index in [9.17, 15) is 44.4 Å². The Balaban J connectivity index is 0.0000150. The number of hydrogen-bond acceptors (Lipinski definition) is 12. The second-order valence-electron chi connectivity index (χ2n) is 19.0. The number of carboxylic acid groups (broad SMARTS) is 1. The number of amides is 1. The molecular formula is C51H79NNaO13. The molecule has 14 nitrogen and oxygen atoms in total. The summed E-state index contributed by atoms with van der Waals surface area (Å²) in [6.07, 6.45) is 17.4. The molecule has 2 saturated heterocycles. The molecule has 367 valence electrons. The first-order valence-electron chi connectivity index (χ1n) is 23.6. The first kappa shape index (κ1) is 59.5. The number of Topliss-reactive ketones (excluding diaryl/α,β-unsaturated/α-hetero) is 2. The summed E-state index contributed by atoms with van der Waals surface area (Å²) in [5.41, 5.74) is 1.35. The fraction of sp³-hybridized carbons (Fsp3) is 0.706. The molecule has 1 amide bonds. The largest absolute Gasteiger partial charge is 0.480 e. The summed E-state index contributed by atoms with van der Waals surface area (Å²) in [6, 6.07) is -1.12. The van der Waals surface area contributed by atoms with Crippen LogP contribution in [-0.2, 0) is 42.9 Å². The van der Waals surface area contributed by atoms with Crippen molar-refractivity contribution in [1.29, 1.82) is 0 Å². The number of aliphatic hydroxyl groups is 3. The van der Waals surface area contributed by atoms with Crippen LogP contribution >= 0.6 is 0 Å². The number of ether oxygens (including phenoxy) is 4. The van der Waals surface area contributed by atoms with Gasteiger partial charge in [0.25, 0.3) is 11.7 Å². The molecule has 2 aliphatic heterocycles. The van der Waals surface area contributed by atoms with Crippen molar-refractivity contribution in [2.24, 2.45) is 35.5 Å². The van der Waals surface area contributed by atoms with Gasteiger partial charge >= 0.3 is 5.97 Å². The molecule has 4 N–H and O–H groups in total. The fourth-order valence-corrected chi connectivity index (χ4v) is 9.48. The quantitative estimate of drug-likeness (QED) is 0.0283. The van der Waals surface area contributed by atoms with E-state index in [4.69, 9.17) is 18.9 Å². The maximum atomic E-state index is 13.5. The normalized spacial score (nSPS) is 28.9. The second kappa shape index (κ2) is 28.8. The summed E-state index contributed by atoms with van der Waals surface area (Å²) in [6.45, 7) is 13.0. The van der Waals surface area contributed by atoms with Crippen LogP contribution in [0.25, 0.3) is 0 Å². The summed E-state index contributed by atoms with van der Waals surface area (Å²) in [5, 5.41) is 42.4. The van der Waals surface area contributed by atoms with Crippen molar-refractivity contribution in [3.63, 3.8) is 0 Å². The molecule has 14 atom stereocenters. The van der Waals surface area contributed by atoms with Crippen LogP contribution in [0.1, 0.15) is 119 Å². The number of rotatable bonds is 24. The minimum Gasteiger partial charge on any atom is -0.480 e. The number of likely N-dealkylation sites (tertiary alicyclic amines) is 1. The van der Waals surface area contributed by atoms with Crippen LogP contribution in [0.2, 0.25) is 0 Å². The molecule has 0 aromatic carbocycles. The molecular weight excluding hydrogens is 858 g/mol. The van der Waals surface area contributed by atoms with E-state index < -0.39 is 77.8 Å². The van der Waals surface area contributed by atoms with Crippen LogP contribution in [0.3, 0.4) is 0 Å².